The molecule has 1 saturated heterocycles. The summed E-state index contributed by atoms with van der Waals surface area (Å²) in [6.45, 7) is 0.318. The van der Waals surface area contributed by atoms with E-state index in [2.05, 4.69) is 43.5 Å². The van der Waals surface area contributed by atoms with Crippen LogP contribution in [0.2, 0.25) is 0 Å². The van der Waals surface area contributed by atoms with Gasteiger partial charge in [-0.05, 0) is 44.6 Å². The van der Waals surface area contributed by atoms with Crippen LogP contribution >= 0.6 is 38.5 Å². The van der Waals surface area contributed by atoms with Gasteiger partial charge in [-0.2, -0.15) is 0 Å². The van der Waals surface area contributed by atoms with Crippen molar-refractivity contribution in [2.45, 2.75) is 6.42 Å². The maximum atomic E-state index is 11.8. The number of carbonyl (C=O) groups is 2. The van der Waals surface area contributed by atoms with Crippen molar-refractivity contribution in [3.63, 3.8) is 0 Å². The van der Waals surface area contributed by atoms with E-state index in [1.165, 1.54) is 4.90 Å². The minimum absolute atomic E-state index is 0.110. The topological polar surface area (TPSA) is 76.3 Å². The van der Waals surface area contributed by atoms with E-state index in [-0.39, 0.29) is 12.3 Å². The number of anilines is 1. The standard InChI is InChI=1S/C10H9BrIN3O2/c11-6-2-7(12)10(14-3-6)15-4-5(9(13)17)1-8(15)16/h2-3,5H,1,4H2,(H2,13,17). The second-order valence-corrected chi connectivity index (χ2v) is 5.84. The molecule has 1 aromatic rings. The van der Waals surface area contributed by atoms with Crippen LogP contribution in [0.3, 0.4) is 0 Å². The Labute approximate surface area is 120 Å². The lowest BCUT2D eigenvalue weighted by atomic mass is 10.1. The van der Waals surface area contributed by atoms with Crippen LogP contribution in [-0.4, -0.2) is 23.3 Å². The van der Waals surface area contributed by atoms with E-state index in [4.69, 9.17) is 5.73 Å². The van der Waals surface area contributed by atoms with Gasteiger partial charge in [0.25, 0.3) is 0 Å². The molecule has 5 nitrogen and oxygen atoms in total. The lowest BCUT2D eigenvalue weighted by Crippen LogP contribution is -2.29. The second-order valence-electron chi connectivity index (χ2n) is 3.77. The fraction of sp³-hybridized carbons (Fsp3) is 0.300. The van der Waals surface area contributed by atoms with Crippen LogP contribution in [0, 0.1) is 9.49 Å². The van der Waals surface area contributed by atoms with Crippen molar-refractivity contribution in [1.29, 1.82) is 0 Å². The Kier molecular flexibility index (Phi) is 3.67. The van der Waals surface area contributed by atoms with E-state index in [9.17, 15) is 9.59 Å². The summed E-state index contributed by atoms with van der Waals surface area (Å²) >= 11 is 5.42. The number of nitrogens with zero attached hydrogens (tertiary/aromatic N) is 2. The Morgan fingerprint density at radius 2 is 2.35 bits per heavy atom. The summed E-state index contributed by atoms with van der Waals surface area (Å²) in [6, 6.07) is 1.87. The SMILES string of the molecule is NC(=O)C1CC(=O)N(c2ncc(Br)cc2I)C1. The molecule has 0 saturated carbocycles. The number of hydrogen-bond donors (Lipinski definition) is 1. The third kappa shape index (κ3) is 2.59. The summed E-state index contributed by atoms with van der Waals surface area (Å²) in [6.07, 6.45) is 1.80. The molecule has 90 valence electrons. The van der Waals surface area contributed by atoms with Crippen LogP contribution in [-0.2, 0) is 9.59 Å². The molecule has 0 bridgehead atoms. The lowest BCUT2D eigenvalue weighted by Gasteiger charge is -2.16. The van der Waals surface area contributed by atoms with Gasteiger partial charge in [-0.25, -0.2) is 4.98 Å². The predicted molar refractivity (Wildman–Crippen MR) is 74.3 cm³/mol. The molecular formula is C10H9BrIN3O2. The van der Waals surface area contributed by atoms with Gasteiger partial charge >= 0.3 is 0 Å². The molecule has 1 aliphatic rings. The molecule has 1 fully saturated rings. The molecule has 0 radical (unpaired) electrons. The molecule has 1 aromatic heterocycles. The molecule has 2 heterocycles. The molecular weight excluding hydrogens is 401 g/mol. The number of rotatable bonds is 2. The quantitative estimate of drug-likeness (QED) is 0.747. The summed E-state index contributed by atoms with van der Waals surface area (Å²) in [7, 11) is 0. The van der Waals surface area contributed by atoms with Crippen LogP contribution in [0.25, 0.3) is 0 Å². The van der Waals surface area contributed by atoms with Gasteiger partial charge in [-0.3, -0.25) is 14.5 Å². The number of carbonyl (C=O) groups excluding carboxylic acids is 2. The normalized spacial score (nSPS) is 19.8. The van der Waals surface area contributed by atoms with E-state index in [0.29, 0.717) is 12.4 Å². The van der Waals surface area contributed by atoms with Gasteiger partial charge in [0.05, 0.1) is 9.49 Å². The summed E-state index contributed by atoms with van der Waals surface area (Å²) in [5, 5.41) is 0. The molecule has 1 aliphatic heterocycles. The zero-order valence-corrected chi connectivity index (χ0v) is 12.4. The van der Waals surface area contributed by atoms with Crippen molar-refractivity contribution >= 4 is 56.2 Å². The third-order valence-electron chi connectivity index (χ3n) is 2.57. The third-order valence-corrected chi connectivity index (χ3v) is 3.80. The highest BCUT2D eigenvalue weighted by atomic mass is 127. The van der Waals surface area contributed by atoms with Crippen LogP contribution in [0.5, 0.6) is 0 Å². The number of aromatic nitrogens is 1. The minimum Gasteiger partial charge on any atom is -0.369 e. The largest absolute Gasteiger partial charge is 0.369 e. The van der Waals surface area contributed by atoms with Gasteiger partial charge in [-0.1, -0.05) is 0 Å². The predicted octanol–water partition coefficient (Wildman–Crippen LogP) is 1.29. The number of hydrogen-bond acceptors (Lipinski definition) is 3. The molecule has 0 spiro atoms. The van der Waals surface area contributed by atoms with Gasteiger partial charge in [-0.15, -0.1) is 0 Å². The highest BCUT2D eigenvalue weighted by molar-refractivity contribution is 14.1. The number of nitrogens with two attached hydrogens (primary N) is 1. The molecule has 1 atom stereocenters. The van der Waals surface area contributed by atoms with Crippen molar-refractivity contribution in [3.8, 4) is 0 Å². The summed E-state index contributed by atoms with van der Waals surface area (Å²) in [5.74, 6) is -0.374. The van der Waals surface area contributed by atoms with Crippen molar-refractivity contribution < 1.29 is 9.59 Å². The molecule has 17 heavy (non-hydrogen) atoms. The zero-order valence-electron chi connectivity index (χ0n) is 8.69. The number of primary amides is 1. The smallest absolute Gasteiger partial charge is 0.229 e. The Hall–Kier alpha value is -0.700. The second kappa shape index (κ2) is 4.89. The fourth-order valence-corrected chi connectivity index (χ4v) is 3.23. The van der Waals surface area contributed by atoms with E-state index in [0.717, 1.165) is 8.04 Å². The van der Waals surface area contributed by atoms with Crippen LogP contribution in [0.15, 0.2) is 16.7 Å². The average molecular weight is 410 g/mol. The fourth-order valence-electron chi connectivity index (χ4n) is 1.71. The van der Waals surface area contributed by atoms with Gasteiger partial charge < -0.3 is 5.73 Å². The summed E-state index contributed by atoms with van der Waals surface area (Å²) in [5.41, 5.74) is 5.21. The molecule has 7 heteroatoms. The number of pyridine rings is 1. The maximum absolute atomic E-state index is 11.8. The number of amides is 2. The Bertz CT molecular complexity index is 494. The highest BCUT2D eigenvalue weighted by Crippen LogP contribution is 2.28. The lowest BCUT2D eigenvalue weighted by molar-refractivity contribution is -0.123. The molecule has 2 rings (SSSR count). The Morgan fingerprint density at radius 3 is 2.88 bits per heavy atom. The van der Waals surface area contributed by atoms with Gasteiger partial charge in [0.1, 0.15) is 5.82 Å². The first kappa shape index (κ1) is 12.7. The minimum atomic E-state index is -0.437. The Balaban J connectivity index is 2.29. The van der Waals surface area contributed by atoms with Gasteiger partial charge in [0, 0.05) is 23.6 Å². The van der Waals surface area contributed by atoms with E-state index < -0.39 is 11.8 Å². The maximum Gasteiger partial charge on any atom is 0.229 e. The zero-order chi connectivity index (χ0) is 12.6. The number of halogens is 2. The van der Waals surface area contributed by atoms with Crippen LogP contribution in [0.4, 0.5) is 5.82 Å². The van der Waals surface area contributed by atoms with Crippen LogP contribution < -0.4 is 10.6 Å². The van der Waals surface area contributed by atoms with Crippen molar-refractivity contribution in [2.75, 3.05) is 11.4 Å². The van der Waals surface area contributed by atoms with Crippen molar-refractivity contribution in [3.05, 3.63) is 20.3 Å². The van der Waals surface area contributed by atoms with Gasteiger partial charge in [0.2, 0.25) is 11.8 Å². The molecule has 1 unspecified atom stereocenters. The average Bonchev–Trinajstić information content (AvgIpc) is 2.61. The highest BCUT2D eigenvalue weighted by Gasteiger charge is 2.35. The van der Waals surface area contributed by atoms with Gasteiger partial charge in [0.15, 0.2) is 0 Å². The van der Waals surface area contributed by atoms with Crippen molar-refractivity contribution in [2.24, 2.45) is 11.7 Å². The van der Waals surface area contributed by atoms with E-state index in [1.807, 2.05) is 6.07 Å². The van der Waals surface area contributed by atoms with Crippen molar-refractivity contribution in [1.82, 2.24) is 4.98 Å². The van der Waals surface area contributed by atoms with E-state index in [1.54, 1.807) is 6.20 Å². The van der Waals surface area contributed by atoms with Crippen LogP contribution in [0.1, 0.15) is 6.42 Å². The monoisotopic (exact) mass is 409 g/mol. The summed E-state index contributed by atoms with van der Waals surface area (Å²) in [4.78, 5) is 28.6. The first-order valence-electron chi connectivity index (χ1n) is 4.89. The summed E-state index contributed by atoms with van der Waals surface area (Å²) < 4.78 is 1.71. The molecule has 2 N–H and O–H groups in total. The molecule has 0 aliphatic carbocycles. The van der Waals surface area contributed by atoms with E-state index >= 15 is 0 Å². The molecule has 2 amide bonds. The molecule has 0 aromatic carbocycles. The first-order chi connectivity index (χ1) is 7.99. The first-order valence-corrected chi connectivity index (χ1v) is 6.77. The Morgan fingerprint density at radius 1 is 1.65 bits per heavy atom.